The van der Waals surface area contributed by atoms with E-state index in [1.165, 1.54) is 5.56 Å². The van der Waals surface area contributed by atoms with Gasteiger partial charge in [-0.2, -0.15) is 0 Å². The lowest BCUT2D eigenvalue weighted by molar-refractivity contribution is 0.143. The van der Waals surface area contributed by atoms with Gasteiger partial charge in [0.05, 0.1) is 6.61 Å². The molecule has 0 saturated heterocycles. The van der Waals surface area contributed by atoms with E-state index in [0.29, 0.717) is 13.2 Å². The SMILES string of the molecule is CCC(C)(C)C(NC)c1ccccc1OCCOC. The number of hydrogen-bond acceptors (Lipinski definition) is 3. The average molecular weight is 265 g/mol. The third kappa shape index (κ3) is 4.22. The molecular formula is C16H27NO2. The molecule has 19 heavy (non-hydrogen) atoms. The van der Waals surface area contributed by atoms with Crippen LogP contribution in [0.4, 0.5) is 0 Å². The standard InChI is InChI=1S/C16H27NO2/c1-6-16(2,3)15(17-4)13-9-7-8-10-14(13)19-12-11-18-5/h7-10,15,17H,6,11-12H2,1-5H3. The molecule has 1 aromatic rings. The number of benzene rings is 1. The van der Waals surface area contributed by atoms with E-state index in [1.54, 1.807) is 7.11 Å². The Morgan fingerprint density at radius 3 is 2.47 bits per heavy atom. The van der Waals surface area contributed by atoms with Gasteiger partial charge in [0.25, 0.3) is 0 Å². The molecule has 0 aromatic heterocycles. The van der Waals surface area contributed by atoms with Crippen LogP contribution in [0, 0.1) is 5.41 Å². The van der Waals surface area contributed by atoms with Crippen molar-refractivity contribution in [1.82, 2.24) is 5.32 Å². The molecule has 1 atom stereocenters. The van der Waals surface area contributed by atoms with Crippen LogP contribution in [-0.2, 0) is 4.74 Å². The van der Waals surface area contributed by atoms with Crippen LogP contribution in [0.1, 0.15) is 38.8 Å². The molecule has 1 N–H and O–H groups in total. The van der Waals surface area contributed by atoms with Gasteiger partial charge >= 0.3 is 0 Å². The Bertz CT molecular complexity index is 377. The highest BCUT2D eigenvalue weighted by atomic mass is 16.5. The van der Waals surface area contributed by atoms with Crippen LogP contribution < -0.4 is 10.1 Å². The molecule has 0 amide bonds. The molecule has 0 aliphatic heterocycles. The van der Waals surface area contributed by atoms with Crippen LogP contribution in [0.3, 0.4) is 0 Å². The lowest BCUT2D eigenvalue weighted by Gasteiger charge is -2.34. The van der Waals surface area contributed by atoms with Crippen molar-refractivity contribution in [2.24, 2.45) is 5.41 Å². The number of methoxy groups -OCH3 is 1. The maximum absolute atomic E-state index is 5.84. The Labute approximate surface area is 117 Å². The fourth-order valence-corrected chi connectivity index (χ4v) is 2.26. The summed E-state index contributed by atoms with van der Waals surface area (Å²) in [7, 11) is 3.69. The van der Waals surface area contributed by atoms with E-state index in [-0.39, 0.29) is 11.5 Å². The first-order valence-corrected chi connectivity index (χ1v) is 6.94. The molecule has 1 unspecified atom stereocenters. The third-order valence-electron chi connectivity index (χ3n) is 3.76. The van der Waals surface area contributed by atoms with E-state index < -0.39 is 0 Å². The maximum Gasteiger partial charge on any atom is 0.124 e. The highest BCUT2D eigenvalue weighted by Crippen LogP contribution is 2.39. The van der Waals surface area contributed by atoms with Gasteiger partial charge < -0.3 is 14.8 Å². The van der Waals surface area contributed by atoms with E-state index in [0.717, 1.165) is 12.2 Å². The zero-order chi connectivity index (χ0) is 14.3. The minimum absolute atomic E-state index is 0.176. The second-order valence-corrected chi connectivity index (χ2v) is 5.44. The highest BCUT2D eigenvalue weighted by Gasteiger charge is 2.29. The molecule has 0 radical (unpaired) electrons. The highest BCUT2D eigenvalue weighted by molar-refractivity contribution is 5.37. The first-order valence-electron chi connectivity index (χ1n) is 6.94. The van der Waals surface area contributed by atoms with E-state index in [4.69, 9.17) is 9.47 Å². The van der Waals surface area contributed by atoms with E-state index >= 15 is 0 Å². The van der Waals surface area contributed by atoms with Gasteiger partial charge in [0.2, 0.25) is 0 Å². The molecule has 3 heteroatoms. The summed E-state index contributed by atoms with van der Waals surface area (Å²) >= 11 is 0. The minimum atomic E-state index is 0.176. The lowest BCUT2D eigenvalue weighted by Crippen LogP contribution is -2.32. The predicted octanol–water partition coefficient (Wildman–Crippen LogP) is 3.41. The van der Waals surface area contributed by atoms with Crippen LogP contribution in [0.25, 0.3) is 0 Å². The van der Waals surface area contributed by atoms with Crippen LogP contribution in [0.5, 0.6) is 5.75 Å². The molecule has 0 aliphatic rings. The molecule has 0 bridgehead atoms. The topological polar surface area (TPSA) is 30.5 Å². The summed E-state index contributed by atoms with van der Waals surface area (Å²) in [6, 6.07) is 8.52. The summed E-state index contributed by atoms with van der Waals surface area (Å²) in [5.74, 6) is 0.945. The van der Waals surface area contributed by atoms with Crippen LogP contribution in [0.15, 0.2) is 24.3 Å². The number of nitrogens with one attached hydrogen (secondary N) is 1. The van der Waals surface area contributed by atoms with E-state index in [9.17, 15) is 0 Å². The summed E-state index contributed by atoms with van der Waals surface area (Å²) in [4.78, 5) is 0. The van der Waals surface area contributed by atoms with Gasteiger partial charge in [0, 0.05) is 18.7 Å². The Kier molecular flexibility index (Phi) is 6.32. The van der Waals surface area contributed by atoms with E-state index in [1.807, 2.05) is 19.2 Å². The van der Waals surface area contributed by atoms with Crippen molar-refractivity contribution < 1.29 is 9.47 Å². The molecule has 108 valence electrons. The fraction of sp³-hybridized carbons (Fsp3) is 0.625. The summed E-state index contributed by atoms with van der Waals surface area (Å²) < 4.78 is 10.9. The van der Waals surface area contributed by atoms with Gasteiger partial charge in [-0.05, 0) is 24.9 Å². The number of hydrogen-bond donors (Lipinski definition) is 1. The molecule has 1 aromatic carbocycles. The molecule has 0 saturated carbocycles. The van der Waals surface area contributed by atoms with Crippen molar-refractivity contribution in [3.8, 4) is 5.75 Å². The van der Waals surface area contributed by atoms with Gasteiger partial charge in [-0.25, -0.2) is 0 Å². The summed E-state index contributed by atoms with van der Waals surface area (Å²) in [6.07, 6.45) is 1.10. The van der Waals surface area contributed by atoms with Crippen molar-refractivity contribution in [3.63, 3.8) is 0 Å². The monoisotopic (exact) mass is 265 g/mol. The molecule has 0 heterocycles. The number of ether oxygens (including phenoxy) is 2. The van der Waals surface area contributed by atoms with Gasteiger partial charge in [0.15, 0.2) is 0 Å². The molecular weight excluding hydrogens is 238 g/mol. The Morgan fingerprint density at radius 1 is 1.21 bits per heavy atom. The summed E-state index contributed by atoms with van der Waals surface area (Å²) in [5.41, 5.74) is 1.39. The van der Waals surface area contributed by atoms with Crippen LogP contribution >= 0.6 is 0 Å². The molecule has 0 fully saturated rings. The van der Waals surface area contributed by atoms with E-state index in [2.05, 4.69) is 38.2 Å². The normalized spacial score (nSPS) is 13.3. The molecule has 0 spiro atoms. The Balaban J connectivity index is 2.96. The van der Waals surface area contributed by atoms with Crippen molar-refractivity contribution in [2.75, 3.05) is 27.4 Å². The van der Waals surface area contributed by atoms with Gasteiger partial charge in [-0.1, -0.05) is 39.0 Å². The lowest BCUT2D eigenvalue weighted by atomic mass is 9.78. The first-order chi connectivity index (χ1) is 9.06. The molecule has 1 rings (SSSR count). The minimum Gasteiger partial charge on any atom is -0.491 e. The van der Waals surface area contributed by atoms with Gasteiger partial charge in [-0.3, -0.25) is 0 Å². The second-order valence-electron chi connectivity index (χ2n) is 5.44. The maximum atomic E-state index is 5.84. The zero-order valence-corrected chi connectivity index (χ0v) is 12.8. The predicted molar refractivity (Wildman–Crippen MR) is 79.7 cm³/mol. The summed E-state index contributed by atoms with van der Waals surface area (Å²) in [5, 5.41) is 3.43. The van der Waals surface area contributed by atoms with Gasteiger partial charge in [0.1, 0.15) is 12.4 Å². The van der Waals surface area contributed by atoms with Crippen molar-refractivity contribution >= 4 is 0 Å². The summed E-state index contributed by atoms with van der Waals surface area (Å²) in [6.45, 7) is 7.96. The number of rotatable bonds is 8. The smallest absolute Gasteiger partial charge is 0.124 e. The molecule has 0 aliphatic carbocycles. The van der Waals surface area contributed by atoms with Crippen LogP contribution in [-0.4, -0.2) is 27.4 Å². The zero-order valence-electron chi connectivity index (χ0n) is 12.8. The quantitative estimate of drug-likeness (QED) is 0.731. The number of para-hydroxylation sites is 1. The van der Waals surface area contributed by atoms with Gasteiger partial charge in [-0.15, -0.1) is 0 Å². The van der Waals surface area contributed by atoms with Crippen molar-refractivity contribution in [1.29, 1.82) is 0 Å². The third-order valence-corrected chi connectivity index (χ3v) is 3.76. The van der Waals surface area contributed by atoms with Crippen LogP contribution in [0.2, 0.25) is 0 Å². The Morgan fingerprint density at radius 2 is 1.89 bits per heavy atom. The second kappa shape index (κ2) is 7.51. The Hall–Kier alpha value is -1.06. The molecule has 3 nitrogen and oxygen atoms in total. The first kappa shape index (κ1) is 16.0. The average Bonchev–Trinajstić information content (AvgIpc) is 2.41. The fourth-order valence-electron chi connectivity index (χ4n) is 2.26. The van der Waals surface area contributed by atoms with Crippen molar-refractivity contribution in [3.05, 3.63) is 29.8 Å². The largest absolute Gasteiger partial charge is 0.491 e. The van der Waals surface area contributed by atoms with Crippen molar-refractivity contribution in [2.45, 2.75) is 33.2 Å².